The zero-order valence-electron chi connectivity index (χ0n) is 14.6. The number of ether oxygens (including phenoxy) is 1. The van der Waals surface area contributed by atoms with Gasteiger partial charge in [0.2, 0.25) is 0 Å². The van der Waals surface area contributed by atoms with Crippen molar-refractivity contribution in [3.8, 4) is 0 Å². The average molecular weight is 429 g/mol. The molecule has 25 heavy (non-hydrogen) atoms. The van der Waals surface area contributed by atoms with Crippen LogP contribution in [0.25, 0.3) is 0 Å². The molecule has 8 heteroatoms. The Balaban J connectivity index is 1.70. The second kappa shape index (κ2) is 7.07. The third kappa shape index (κ3) is 3.89. The van der Waals surface area contributed by atoms with Crippen LogP contribution in [0.5, 0.6) is 0 Å². The topological polar surface area (TPSA) is 61.9 Å². The second-order valence-corrected chi connectivity index (χ2v) is 8.83. The molecule has 0 aromatic heterocycles. The Morgan fingerprint density at radius 1 is 1.32 bits per heavy atom. The molecule has 1 aromatic carbocycles. The number of carbonyl (C=O) groups excluding carboxylic acids is 1. The van der Waals surface area contributed by atoms with Gasteiger partial charge in [-0.3, -0.25) is 4.90 Å². The number of hydrogen-bond acceptors (Lipinski definition) is 5. The fraction of sp³-hybridized carbons (Fsp3) is 0.588. The zero-order valence-corrected chi connectivity index (χ0v) is 17.0. The molecule has 1 atom stereocenters. The molecule has 1 amide bonds. The first-order chi connectivity index (χ1) is 11.8. The van der Waals surface area contributed by atoms with Crippen LogP contribution in [-0.2, 0) is 20.6 Å². The van der Waals surface area contributed by atoms with E-state index in [0.717, 1.165) is 28.7 Å². The van der Waals surface area contributed by atoms with Gasteiger partial charge in [0.15, 0.2) is 0 Å². The molecule has 2 aliphatic rings. The van der Waals surface area contributed by atoms with E-state index in [1.807, 2.05) is 39.0 Å². The number of para-hydroxylation sites is 1. The minimum absolute atomic E-state index is 0.216. The summed E-state index contributed by atoms with van der Waals surface area (Å²) < 4.78 is 18.0. The molecule has 2 aliphatic heterocycles. The highest BCUT2D eigenvalue weighted by atomic mass is 79.9. The fourth-order valence-corrected chi connectivity index (χ4v) is 4.32. The van der Waals surface area contributed by atoms with E-state index in [9.17, 15) is 9.00 Å². The summed E-state index contributed by atoms with van der Waals surface area (Å²) in [5.41, 5.74) is 1.19. The van der Waals surface area contributed by atoms with Crippen LogP contribution in [0.1, 0.15) is 33.6 Å². The Morgan fingerprint density at radius 2 is 2.00 bits per heavy atom. The average Bonchev–Trinajstić information content (AvgIpc) is 2.93. The monoisotopic (exact) mass is 428 g/mol. The molecule has 3 rings (SSSR count). The van der Waals surface area contributed by atoms with Crippen LogP contribution in [0, 0.1) is 0 Å². The quantitative estimate of drug-likeness (QED) is 0.725. The molecule has 136 valence electrons. The smallest absolute Gasteiger partial charge is 0.444 e. The van der Waals surface area contributed by atoms with Gasteiger partial charge in [-0.25, -0.2) is 4.79 Å². The molecule has 1 aromatic rings. The van der Waals surface area contributed by atoms with Crippen molar-refractivity contribution in [1.29, 1.82) is 0 Å². The zero-order chi connectivity index (χ0) is 18.2. The van der Waals surface area contributed by atoms with Gasteiger partial charge in [0.25, 0.3) is 0 Å². The predicted molar refractivity (Wildman–Crippen MR) is 103 cm³/mol. The minimum atomic E-state index is -0.484. The molecule has 1 fully saturated rings. The Bertz CT molecular complexity index is 672. The number of likely N-dealkylation sites (tertiary alicyclic amines) is 1. The first-order valence-corrected chi connectivity index (χ1v) is 10.00. The Morgan fingerprint density at radius 3 is 2.60 bits per heavy atom. The van der Waals surface area contributed by atoms with Crippen molar-refractivity contribution in [3.05, 3.63) is 22.7 Å². The Hall–Kier alpha value is -1.41. The standard InChI is InChI=1S/C17H23BrN3O3S/c1-17(2,3)24-16(22)20-9-7-11(8-10-20)21-13-6-4-5-12(18)14(13)19-15(21)25-23/h4-6,11,15,19H,7-10H2,1-3H3/q+1. The van der Waals surface area contributed by atoms with Gasteiger partial charge in [0, 0.05) is 27.8 Å². The van der Waals surface area contributed by atoms with Crippen molar-refractivity contribution < 1.29 is 13.7 Å². The number of piperidine rings is 1. The van der Waals surface area contributed by atoms with Crippen LogP contribution < -0.4 is 10.2 Å². The molecular weight excluding hydrogens is 406 g/mol. The van der Waals surface area contributed by atoms with Gasteiger partial charge < -0.3 is 15.0 Å². The van der Waals surface area contributed by atoms with Gasteiger partial charge in [-0.2, -0.15) is 0 Å². The summed E-state index contributed by atoms with van der Waals surface area (Å²) in [6, 6.07) is 6.19. The summed E-state index contributed by atoms with van der Waals surface area (Å²) in [6.45, 7) is 6.89. The number of anilines is 2. The highest BCUT2D eigenvalue weighted by molar-refractivity contribution is 9.10. The van der Waals surface area contributed by atoms with Crippen LogP contribution in [-0.4, -0.2) is 41.2 Å². The number of nitrogens with zero attached hydrogens (tertiary/aromatic N) is 2. The van der Waals surface area contributed by atoms with Gasteiger partial charge in [-0.15, -0.1) is 0 Å². The van der Waals surface area contributed by atoms with Crippen LogP contribution in [0.3, 0.4) is 0 Å². The van der Waals surface area contributed by atoms with E-state index in [4.69, 9.17) is 4.74 Å². The van der Waals surface area contributed by atoms with E-state index < -0.39 is 5.60 Å². The van der Waals surface area contributed by atoms with E-state index >= 15 is 0 Å². The number of benzene rings is 1. The van der Waals surface area contributed by atoms with Crippen molar-refractivity contribution >= 4 is 45.1 Å². The van der Waals surface area contributed by atoms with Crippen LogP contribution >= 0.6 is 15.9 Å². The first-order valence-electron chi connectivity index (χ1n) is 8.40. The van der Waals surface area contributed by atoms with Crippen LogP contribution in [0.15, 0.2) is 22.7 Å². The number of nitrogens with one attached hydrogen (secondary N) is 1. The fourth-order valence-electron chi connectivity index (χ4n) is 3.30. The lowest BCUT2D eigenvalue weighted by Crippen LogP contribution is -2.50. The maximum Gasteiger partial charge on any atom is 0.511 e. The van der Waals surface area contributed by atoms with E-state index in [1.54, 1.807) is 4.90 Å². The van der Waals surface area contributed by atoms with Gasteiger partial charge in [-0.05, 0) is 61.7 Å². The van der Waals surface area contributed by atoms with Crippen molar-refractivity contribution in [3.63, 3.8) is 0 Å². The third-order valence-electron chi connectivity index (χ3n) is 4.39. The highest BCUT2D eigenvalue weighted by Gasteiger charge is 2.44. The van der Waals surface area contributed by atoms with Crippen molar-refractivity contribution in [1.82, 2.24) is 4.90 Å². The number of rotatable bonds is 2. The molecule has 0 spiro atoms. The van der Waals surface area contributed by atoms with Crippen LogP contribution in [0.4, 0.5) is 16.2 Å². The van der Waals surface area contributed by atoms with E-state index in [-0.39, 0.29) is 17.6 Å². The summed E-state index contributed by atoms with van der Waals surface area (Å²) in [4.78, 5) is 16.1. The summed E-state index contributed by atoms with van der Waals surface area (Å²) in [5.74, 6) is 0. The van der Waals surface area contributed by atoms with Gasteiger partial charge in [0.1, 0.15) is 5.60 Å². The molecule has 0 bridgehead atoms. The number of carbonyl (C=O) groups is 1. The summed E-state index contributed by atoms with van der Waals surface area (Å²) >= 11 is 4.10. The molecular formula is C17H23BrN3O3S+. The number of fused-ring (bicyclic) bond motifs is 1. The maximum atomic E-state index is 12.2. The summed E-state index contributed by atoms with van der Waals surface area (Å²) in [7, 11) is 0. The molecule has 2 heterocycles. The van der Waals surface area contributed by atoms with Crippen LogP contribution in [0.2, 0.25) is 0 Å². The summed E-state index contributed by atoms with van der Waals surface area (Å²) in [5, 5.41) is 3.29. The predicted octanol–water partition coefficient (Wildman–Crippen LogP) is 3.79. The number of halogens is 1. The molecule has 6 nitrogen and oxygen atoms in total. The van der Waals surface area contributed by atoms with Gasteiger partial charge in [-0.1, -0.05) is 6.07 Å². The van der Waals surface area contributed by atoms with E-state index in [0.29, 0.717) is 24.8 Å². The minimum Gasteiger partial charge on any atom is -0.444 e. The SMILES string of the molecule is CC(C)(C)OC(=O)N1CCC(N2c3cccc(Br)c3NC2[S+]=O)CC1. The second-order valence-electron chi connectivity index (χ2n) is 7.33. The number of hydrogen-bond donors (Lipinski definition) is 1. The number of amides is 1. The normalized spacial score (nSPS) is 20.9. The molecule has 1 saturated heterocycles. The molecule has 0 radical (unpaired) electrons. The van der Waals surface area contributed by atoms with Gasteiger partial charge >= 0.3 is 23.3 Å². The van der Waals surface area contributed by atoms with Crippen molar-refractivity contribution in [2.75, 3.05) is 23.3 Å². The van der Waals surface area contributed by atoms with E-state index in [1.165, 1.54) is 0 Å². The summed E-state index contributed by atoms with van der Waals surface area (Å²) in [6.07, 6.45) is 1.36. The lowest BCUT2D eigenvalue weighted by molar-refractivity contribution is 0.0205. The Labute approximate surface area is 160 Å². The largest absolute Gasteiger partial charge is 0.511 e. The van der Waals surface area contributed by atoms with E-state index in [2.05, 4.69) is 26.1 Å². The Kier molecular flexibility index (Phi) is 5.20. The van der Waals surface area contributed by atoms with Crippen molar-refractivity contribution in [2.45, 2.75) is 50.8 Å². The third-order valence-corrected chi connectivity index (χ3v) is 5.58. The highest BCUT2D eigenvalue weighted by Crippen LogP contribution is 2.42. The maximum absolute atomic E-state index is 12.2. The molecule has 0 aliphatic carbocycles. The van der Waals surface area contributed by atoms with Crippen molar-refractivity contribution in [2.24, 2.45) is 0 Å². The molecule has 1 unspecified atom stereocenters. The molecule has 0 saturated carbocycles. The molecule has 1 N–H and O–H groups in total. The lowest BCUT2D eigenvalue weighted by atomic mass is 10.0. The lowest BCUT2D eigenvalue weighted by Gasteiger charge is -2.37. The van der Waals surface area contributed by atoms with Gasteiger partial charge in [0.05, 0.1) is 11.4 Å². The first kappa shape index (κ1) is 18.4.